The van der Waals surface area contributed by atoms with Gasteiger partial charge in [-0.25, -0.2) is 0 Å². The summed E-state index contributed by atoms with van der Waals surface area (Å²) in [5.74, 6) is 0. The summed E-state index contributed by atoms with van der Waals surface area (Å²) in [4.78, 5) is 7.04. The van der Waals surface area contributed by atoms with Crippen molar-refractivity contribution in [2.45, 2.75) is 6.42 Å². The van der Waals surface area contributed by atoms with Gasteiger partial charge in [-0.3, -0.25) is 0 Å². The summed E-state index contributed by atoms with van der Waals surface area (Å²) >= 11 is 0. The van der Waals surface area contributed by atoms with E-state index in [-0.39, 0.29) is 0 Å². The Morgan fingerprint density at radius 3 is 1.44 bits per heavy atom. The molecule has 0 bridgehead atoms. The second-order valence-corrected chi connectivity index (χ2v) is 3.42. The Bertz CT molecular complexity index is 363. The topological polar surface area (TPSA) is 37.3 Å². The van der Waals surface area contributed by atoms with Gasteiger partial charge in [-0.15, -0.1) is 0 Å². The summed E-state index contributed by atoms with van der Waals surface area (Å²) < 4.78 is 8.51. The Kier molecular flexibility index (Phi) is 6.09. The zero-order chi connectivity index (χ0) is 11.6. The quantitative estimate of drug-likeness (QED) is 0.809. The van der Waals surface area contributed by atoms with Crippen molar-refractivity contribution in [3.05, 3.63) is 71.8 Å². The third-order valence-corrected chi connectivity index (χ3v) is 2.09. The fraction of sp³-hybridized carbons (Fsp3) is 0.0769. The lowest BCUT2D eigenvalue weighted by Gasteiger charge is -2.00. The summed E-state index contributed by atoms with van der Waals surface area (Å²) in [5.41, 5.74) is 2.74. The first-order valence-corrected chi connectivity index (χ1v) is 5.81. The van der Waals surface area contributed by atoms with E-state index < -0.39 is 8.69 Å². The minimum atomic E-state index is -1.17. The van der Waals surface area contributed by atoms with Crippen molar-refractivity contribution in [2.24, 2.45) is 0 Å². The maximum Gasteiger partial charge on any atom is 0.491 e. The van der Waals surface area contributed by atoms with Crippen molar-refractivity contribution < 1.29 is 9.46 Å². The van der Waals surface area contributed by atoms with Crippen LogP contribution in [0, 0.1) is 0 Å². The monoisotopic (exact) mass is 233 g/mol. The molecule has 0 fully saturated rings. The smallest absolute Gasteiger partial charge is 0.162 e. The predicted molar refractivity (Wildman–Crippen MR) is 66.9 cm³/mol. The summed E-state index contributed by atoms with van der Waals surface area (Å²) in [6.07, 6.45) is 1.03. The third-order valence-electron chi connectivity index (χ3n) is 2.09. The van der Waals surface area contributed by atoms with Crippen molar-refractivity contribution in [3.8, 4) is 0 Å². The van der Waals surface area contributed by atoms with Crippen LogP contribution in [0.25, 0.3) is 0 Å². The van der Waals surface area contributed by atoms with E-state index in [1.807, 2.05) is 0 Å². The van der Waals surface area contributed by atoms with Crippen molar-refractivity contribution in [3.63, 3.8) is 0 Å². The zero-order valence-electron chi connectivity index (χ0n) is 8.84. The third kappa shape index (κ3) is 4.83. The van der Waals surface area contributed by atoms with E-state index in [2.05, 4.69) is 60.7 Å². The van der Waals surface area contributed by atoms with Crippen LogP contribution >= 0.6 is 8.69 Å². The van der Waals surface area contributed by atoms with Crippen LogP contribution < -0.4 is 0 Å². The Hall–Kier alpha value is -1.50. The molecule has 1 N–H and O–H groups in total. The average molecular weight is 233 g/mol. The molecule has 1 unspecified atom stereocenters. The van der Waals surface area contributed by atoms with Crippen LogP contribution in [0.15, 0.2) is 60.7 Å². The molecule has 3 heteroatoms. The molecular formula is C13H14O2P+. The lowest BCUT2D eigenvalue weighted by Crippen LogP contribution is -1.85. The highest BCUT2D eigenvalue weighted by Crippen LogP contribution is 2.07. The van der Waals surface area contributed by atoms with Gasteiger partial charge in [0.25, 0.3) is 0 Å². The van der Waals surface area contributed by atoms with Crippen LogP contribution in [-0.4, -0.2) is 4.89 Å². The van der Waals surface area contributed by atoms with Gasteiger partial charge < -0.3 is 0 Å². The second kappa shape index (κ2) is 7.75. The van der Waals surface area contributed by atoms with E-state index in [0.717, 1.165) is 6.42 Å². The number of hydrogen-bond donors (Lipinski definition) is 1. The molecule has 16 heavy (non-hydrogen) atoms. The molecule has 0 radical (unpaired) electrons. The number of rotatable bonds is 2. The molecule has 2 nitrogen and oxygen atoms in total. The zero-order valence-corrected chi connectivity index (χ0v) is 9.84. The minimum absolute atomic E-state index is 1.03. The van der Waals surface area contributed by atoms with Gasteiger partial charge in [0.2, 0.25) is 0 Å². The largest absolute Gasteiger partial charge is 0.491 e. The van der Waals surface area contributed by atoms with Crippen molar-refractivity contribution >= 4 is 8.69 Å². The maximum atomic E-state index is 8.51. The van der Waals surface area contributed by atoms with Crippen LogP contribution in [0.2, 0.25) is 0 Å². The van der Waals surface area contributed by atoms with Gasteiger partial charge in [-0.1, -0.05) is 60.7 Å². The highest BCUT2D eigenvalue weighted by molar-refractivity contribution is 7.16. The molecule has 0 heterocycles. The molecule has 2 aromatic carbocycles. The molecule has 0 saturated carbocycles. The van der Waals surface area contributed by atoms with E-state index in [9.17, 15) is 0 Å². The molecule has 1 atom stereocenters. The van der Waals surface area contributed by atoms with Gasteiger partial charge in [-0.2, -0.15) is 4.89 Å². The van der Waals surface area contributed by atoms with E-state index in [4.69, 9.17) is 9.46 Å². The number of benzene rings is 2. The van der Waals surface area contributed by atoms with E-state index in [1.165, 1.54) is 11.1 Å². The van der Waals surface area contributed by atoms with Gasteiger partial charge in [-0.05, 0) is 22.1 Å². The normalized spacial score (nSPS) is 9.31. The fourth-order valence-corrected chi connectivity index (χ4v) is 1.43. The van der Waals surface area contributed by atoms with Crippen LogP contribution in [0.3, 0.4) is 0 Å². The Balaban J connectivity index is 0.000000386. The maximum absolute atomic E-state index is 8.51. The predicted octanol–water partition coefficient (Wildman–Crippen LogP) is 3.20. The van der Waals surface area contributed by atoms with Gasteiger partial charge in [0.15, 0.2) is 0 Å². The lowest BCUT2D eigenvalue weighted by atomic mass is 10.1. The molecule has 0 aliphatic carbocycles. The van der Waals surface area contributed by atoms with Crippen LogP contribution in [0.4, 0.5) is 0 Å². The summed E-state index contributed by atoms with van der Waals surface area (Å²) in [6, 6.07) is 21.1. The van der Waals surface area contributed by atoms with Gasteiger partial charge in [0, 0.05) is 0 Å². The van der Waals surface area contributed by atoms with E-state index in [1.54, 1.807) is 0 Å². The molecule has 0 aromatic heterocycles. The number of hydrogen-bond acceptors (Lipinski definition) is 1. The first-order valence-electron chi connectivity index (χ1n) is 4.96. The van der Waals surface area contributed by atoms with Gasteiger partial charge in [0.1, 0.15) is 0 Å². The highest BCUT2D eigenvalue weighted by atomic mass is 31.1. The molecule has 0 saturated heterocycles. The Labute approximate surface area is 96.9 Å². The molecule has 2 aromatic rings. The molecule has 82 valence electrons. The molecular weight excluding hydrogens is 219 g/mol. The fourth-order valence-electron chi connectivity index (χ4n) is 1.43. The molecule has 0 aliphatic rings. The summed E-state index contributed by atoms with van der Waals surface area (Å²) in [7, 11) is -1.17. The van der Waals surface area contributed by atoms with E-state index in [0.29, 0.717) is 0 Å². The first kappa shape index (κ1) is 12.6. The van der Waals surface area contributed by atoms with E-state index >= 15 is 0 Å². The standard InChI is InChI=1S/C13H12.HO2P/c1-3-7-12(8-4-1)11-13-9-5-2-6-10-13;1-3-2/h1-10H,11H2;3H/p+1. The van der Waals surface area contributed by atoms with Crippen LogP contribution in [0.5, 0.6) is 0 Å². The summed E-state index contributed by atoms with van der Waals surface area (Å²) in [5, 5.41) is 0. The molecule has 2 rings (SSSR count). The van der Waals surface area contributed by atoms with Crippen molar-refractivity contribution in [1.29, 1.82) is 0 Å². The van der Waals surface area contributed by atoms with Crippen LogP contribution in [-0.2, 0) is 11.0 Å². The first-order chi connectivity index (χ1) is 7.86. The molecule has 0 spiro atoms. The average Bonchev–Trinajstić information content (AvgIpc) is 2.33. The minimum Gasteiger partial charge on any atom is -0.162 e. The van der Waals surface area contributed by atoms with Gasteiger partial charge >= 0.3 is 8.69 Å². The second-order valence-electron chi connectivity index (χ2n) is 3.24. The molecule has 0 amide bonds. The van der Waals surface area contributed by atoms with Crippen molar-refractivity contribution in [2.75, 3.05) is 0 Å². The Morgan fingerprint density at radius 2 is 1.12 bits per heavy atom. The Morgan fingerprint density at radius 1 is 0.812 bits per heavy atom. The lowest BCUT2D eigenvalue weighted by molar-refractivity contribution is 0.524. The van der Waals surface area contributed by atoms with Crippen molar-refractivity contribution in [1.82, 2.24) is 0 Å². The summed E-state index contributed by atoms with van der Waals surface area (Å²) in [6.45, 7) is 0. The van der Waals surface area contributed by atoms with Crippen LogP contribution in [0.1, 0.15) is 11.1 Å². The SMILES string of the molecule is O=[PH+]O.c1ccc(Cc2ccccc2)cc1. The molecule has 0 aliphatic heterocycles. The van der Waals surface area contributed by atoms with Gasteiger partial charge in [0.05, 0.1) is 0 Å². The highest BCUT2D eigenvalue weighted by Gasteiger charge is 1.92.